The topological polar surface area (TPSA) is 73.1 Å². The normalized spacial score (nSPS) is 30.3. The second-order valence-electron chi connectivity index (χ2n) is 8.73. The molecule has 7 heteroatoms. The molecule has 4 aliphatic heterocycles. The Labute approximate surface area is 180 Å². The van der Waals surface area contributed by atoms with Crippen molar-refractivity contribution in [3.05, 3.63) is 58.9 Å². The molecule has 0 spiro atoms. The number of H-pyrrole nitrogens is 1. The third-order valence-electron chi connectivity index (χ3n) is 6.97. The van der Waals surface area contributed by atoms with Crippen LogP contribution in [0.2, 0.25) is 5.02 Å². The van der Waals surface area contributed by atoms with Gasteiger partial charge in [-0.2, -0.15) is 0 Å². The van der Waals surface area contributed by atoms with Gasteiger partial charge >= 0.3 is 0 Å². The van der Waals surface area contributed by atoms with Crippen LogP contribution in [-0.2, 0) is 4.79 Å². The second kappa shape index (κ2) is 7.08. The van der Waals surface area contributed by atoms with Crippen LogP contribution in [0.4, 0.5) is 5.69 Å². The fraction of sp³-hybridized carbons (Fsp3) is 0.391. The van der Waals surface area contributed by atoms with E-state index in [1.807, 2.05) is 42.5 Å². The summed E-state index contributed by atoms with van der Waals surface area (Å²) in [6, 6.07) is 13.8. The number of aromatic nitrogens is 2. The summed E-state index contributed by atoms with van der Waals surface area (Å²) in [5.41, 5.74) is 3.68. The second-order valence-corrected chi connectivity index (χ2v) is 9.16. The predicted octanol–water partition coefficient (Wildman–Crippen LogP) is 3.68. The molecule has 4 aliphatic rings. The van der Waals surface area contributed by atoms with Crippen LogP contribution in [0.5, 0.6) is 0 Å². The molecule has 6 nitrogen and oxygen atoms in total. The first-order valence-electron chi connectivity index (χ1n) is 10.7. The Hall–Kier alpha value is -2.41. The maximum atomic E-state index is 13.3. The largest absolute Gasteiger partial charge is 0.341 e. The van der Waals surface area contributed by atoms with Gasteiger partial charge in [-0.25, -0.2) is 4.98 Å². The number of benzene rings is 2. The van der Waals surface area contributed by atoms with E-state index < -0.39 is 5.92 Å². The van der Waals surface area contributed by atoms with E-state index in [0.717, 1.165) is 28.8 Å². The first kappa shape index (κ1) is 18.4. The van der Waals surface area contributed by atoms with E-state index >= 15 is 0 Å². The van der Waals surface area contributed by atoms with Crippen LogP contribution in [0.3, 0.4) is 0 Å². The lowest BCUT2D eigenvalue weighted by atomic mass is 9.81. The number of carbonyl (C=O) groups is 1. The number of para-hydroxylation sites is 2. The number of rotatable bonds is 3. The van der Waals surface area contributed by atoms with Crippen LogP contribution in [0.1, 0.15) is 36.2 Å². The summed E-state index contributed by atoms with van der Waals surface area (Å²) < 4.78 is 0. The summed E-state index contributed by atoms with van der Waals surface area (Å²) in [4.78, 5) is 24.0. The van der Waals surface area contributed by atoms with Gasteiger partial charge in [-0.1, -0.05) is 23.7 Å². The van der Waals surface area contributed by atoms with E-state index in [9.17, 15) is 4.79 Å². The van der Waals surface area contributed by atoms with Gasteiger partial charge in [0, 0.05) is 23.3 Å². The van der Waals surface area contributed by atoms with Gasteiger partial charge in [0.1, 0.15) is 11.7 Å². The number of carbonyl (C=O) groups excluding carboxylic acids is 1. The van der Waals surface area contributed by atoms with Gasteiger partial charge in [0.05, 0.1) is 17.1 Å². The number of anilines is 1. The number of imidazole rings is 1. The Kier molecular flexibility index (Phi) is 4.33. The number of piperidine rings is 3. The molecular formula is C23H24ClN5O. The first-order valence-corrected chi connectivity index (χ1v) is 11.1. The maximum absolute atomic E-state index is 13.3. The van der Waals surface area contributed by atoms with Gasteiger partial charge in [0.2, 0.25) is 5.91 Å². The van der Waals surface area contributed by atoms with Gasteiger partial charge < -0.3 is 20.5 Å². The molecule has 3 aromatic rings. The highest BCUT2D eigenvalue weighted by atomic mass is 35.5. The molecule has 3 saturated heterocycles. The van der Waals surface area contributed by atoms with Crippen molar-refractivity contribution in [2.45, 2.75) is 30.8 Å². The van der Waals surface area contributed by atoms with Crippen LogP contribution in [0.25, 0.3) is 11.0 Å². The average molecular weight is 422 g/mol. The van der Waals surface area contributed by atoms with E-state index in [4.69, 9.17) is 16.6 Å². The Morgan fingerprint density at radius 3 is 2.73 bits per heavy atom. The molecular weight excluding hydrogens is 398 g/mol. The van der Waals surface area contributed by atoms with Crippen molar-refractivity contribution in [2.75, 3.05) is 25.0 Å². The lowest BCUT2D eigenvalue weighted by Crippen LogP contribution is -2.58. The van der Waals surface area contributed by atoms with Gasteiger partial charge in [-0.15, -0.1) is 0 Å². The minimum Gasteiger partial charge on any atom is -0.341 e. The highest BCUT2D eigenvalue weighted by molar-refractivity contribution is 6.30. The molecule has 5 heterocycles. The molecule has 7 rings (SSSR count). The molecule has 1 amide bonds. The molecule has 2 aromatic carbocycles. The molecule has 3 atom stereocenters. The first-order chi connectivity index (χ1) is 14.7. The van der Waals surface area contributed by atoms with Crippen molar-refractivity contribution in [1.82, 2.24) is 20.2 Å². The van der Waals surface area contributed by atoms with Crippen LogP contribution in [-0.4, -0.2) is 46.5 Å². The molecule has 30 heavy (non-hydrogen) atoms. The number of amides is 1. The Balaban J connectivity index is 1.43. The highest BCUT2D eigenvalue weighted by Crippen LogP contribution is 2.42. The fourth-order valence-corrected chi connectivity index (χ4v) is 5.60. The monoisotopic (exact) mass is 421 g/mol. The number of nitrogens with zero attached hydrogens (tertiary/aromatic N) is 2. The van der Waals surface area contributed by atoms with Crippen molar-refractivity contribution in [3.8, 4) is 0 Å². The molecule has 3 fully saturated rings. The standard InChI is InChI=1S/C23H24ClN5O/c24-14-5-6-16-15(11-14)21(25-19-12-29-9-7-13(19)8-10-29)20(23(30)28-16)22-26-17-3-1-2-4-18(17)27-22/h1-6,11,13,19-21,25H,7-10,12H2,(H,26,27)(H,28,30)/t19-,20+,21+/m1/s1. The quantitative estimate of drug-likeness (QED) is 0.603. The summed E-state index contributed by atoms with van der Waals surface area (Å²) in [6.45, 7) is 3.40. The van der Waals surface area contributed by atoms with Crippen molar-refractivity contribution in [3.63, 3.8) is 0 Å². The zero-order chi connectivity index (χ0) is 20.2. The zero-order valence-electron chi connectivity index (χ0n) is 16.6. The van der Waals surface area contributed by atoms with Crippen molar-refractivity contribution >= 4 is 34.2 Å². The van der Waals surface area contributed by atoms with E-state index in [2.05, 4.69) is 20.5 Å². The number of nitrogens with one attached hydrogen (secondary N) is 3. The SMILES string of the molecule is O=C1Nc2ccc(Cl)cc2[C@H](N[C@@H]2CN3CCC2CC3)[C@H]1c1nc2ccccc2[nH]1. The molecule has 0 saturated carbocycles. The summed E-state index contributed by atoms with van der Waals surface area (Å²) in [6.07, 6.45) is 2.43. The molecule has 2 bridgehead atoms. The van der Waals surface area contributed by atoms with Crippen LogP contribution in [0.15, 0.2) is 42.5 Å². The number of halogens is 1. The fourth-order valence-electron chi connectivity index (χ4n) is 5.42. The van der Waals surface area contributed by atoms with Gasteiger partial charge in [0.25, 0.3) is 0 Å². The zero-order valence-corrected chi connectivity index (χ0v) is 17.3. The van der Waals surface area contributed by atoms with E-state index in [-0.39, 0.29) is 11.9 Å². The summed E-state index contributed by atoms with van der Waals surface area (Å²) in [5, 5.41) is 7.62. The van der Waals surface area contributed by atoms with Gasteiger partial charge in [-0.05, 0) is 67.7 Å². The number of aromatic amines is 1. The maximum Gasteiger partial charge on any atom is 0.237 e. The van der Waals surface area contributed by atoms with Gasteiger partial charge in [0.15, 0.2) is 0 Å². The van der Waals surface area contributed by atoms with E-state index in [1.54, 1.807) is 0 Å². The lowest BCUT2D eigenvalue weighted by Gasteiger charge is -2.47. The minimum absolute atomic E-state index is 0.0392. The Morgan fingerprint density at radius 1 is 1.13 bits per heavy atom. The van der Waals surface area contributed by atoms with E-state index in [1.165, 1.54) is 25.9 Å². The molecule has 3 N–H and O–H groups in total. The van der Waals surface area contributed by atoms with E-state index in [0.29, 0.717) is 22.8 Å². The predicted molar refractivity (Wildman–Crippen MR) is 118 cm³/mol. The molecule has 0 aliphatic carbocycles. The number of hydrogen-bond donors (Lipinski definition) is 3. The Bertz CT molecular complexity index is 1090. The molecule has 0 radical (unpaired) electrons. The minimum atomic E-state index is -0.446. The van der Waals surface area contributed by atoms with Crippen molar-refractivity contribution < 1.29 is 4.79 Å². The smallest absolute Gasteiger partial charge is 0.237 e. The van der Waals surface area contributed by atoms with Crippen LogP contribution >= 0.6 is 11.6 Å². The summed E-state index contributed by atoms with van der Waals surface area (Å²) in [5.74, 6) is 0.860. The third kappa shape index (κ3) is 3.02. The van der Waals surface area contributed by atoms with Gasteiger partial charge in [-0.3, -0.25) is 4.79 Å². The molecule has 154 valence electrons. The molecule has 1 aromatic heterocycles. The highest BCUT2D eigenvalue weighted by Gasteiger charge is 2.43. The molecule has 0 unspecified atom stereocenters. The summed E-state index contributed by atoms with van der Waals surface area (Å²) in [7, 11) is 0. The average Bonchev–Trinajstić information content (AvgIpc) is 3.19. The van der Waals surface area contributed by atoms with Crippen molar-refractivity contribution in [2.24, 2.45) is 5.92 Å². The third-order valence-corrected chi connectivity index (χ3v) is 7.21. The van der Waals surface area contributed by atoms with Crippen LogP contribution < -0.4 is 10.6 Å². The van der Waals surface area contributed by atoms with Crippen LogP contribution in [0, 0.1) is 5.92 Å². The number of hydrogen-bond acceptors (Lipinski definition) is 4. The Morgan fingerprint density at radius 2 is 1.97 bits per heavy atom. The van der Waals surface area contributed by atoms with Crippen molar-refractivity contribution in [1.29, 1.82) is 0 Å². The number of fused-ring (bicyclic) bond motifs is 5. The lowest BCUT2D eigenvalue weighted by molar-refractivity contribution is -0.119. The summed E-state index contributed by atoms with van der Waals surface area (Å²) >= 11 is 6.37.